The SMILES string of the molecule is CC(C)(C)[Si](C)(C)O[C@@H]1CO[C@H]2[C@@H]1OC[C@H]2Oc1nc2cc(Cl)c(-c3ccc([C@H]4CC[C@H](NC(=O)OC5CCOCC5)CC4)cc3)nc2n1COCC[Si](C)(C)C. The highest BCUT2D eigenvalue weighted by Gasteiger charge is 2.52. The van der Waals surface area contributed by atoms with Gasteiger partial charge in [-0.15, -0.1) is 0 Å². The predicted octanol–water partition coefficient (Wildman–Crippen LogP) is 8.93. The second-order valence-electron chi connectivity index (χ2n) is 19.0. The average molecular weight is 844 g/mol. The van der Waals surface area contributed by atoms with Crippen LogP contribution in [0, 0.1) is 0 Å². The highest BCUT2D eigenvalue weighted by atomic mass is 35.5. The minimum atomic E-state index is -2.03. The quantitative estimate of drug-likeness (QED) is 0.132. The summed E-state index contributed by atoms with van der Waals surface area (Å²) in [4.78, 5) is 22.5. The van der Waals surface area contributed by atoms with Crippen molar-refractivity contribution in [2.45, 2.75) is 152 Å². The number of hydrogen-bond donors (Lipinski definition) is 1. The molecule has 1 aromatic carbocycles. The number of benzene rings is 1. The number of halogens is 1. The van der Waals surface area contributed by atoms with E-state index in [0.717, 1.165) is 50.1 Å². The number of imidazole rings is 1. The molecule has 1 amide bonds. The van der Waals surface area contributed by atoms with E-state index in [2.05, 4.69) is 83.1 Å². The van der Waals surface area contributed by atoms with E-state index in [1.165, 1.54) is 5.56 Å². The van der Waals surface area contributed by atoms with E-state index in [4.69, 9.17) is 54.4 Å². The molecule has 5 heterocycles. The Hall–Kier alpha value is -2.57. The van der Waals surface area contributed by atoms with Gasteiger partial charge in [0, 0.05) is 39.1 Å². The van der Waals surface area contributed by atoms with Crippen LogP contribution < -0.4 is 10.1 Å². The van der Waals surface area contributed by atoms with Crippen molar-refractivity contribution >= 4 is 45.2 Å². The first kappa shape index (κ1) is 42.6. The maximum absolute atomic E-state index is 12.5. The fraction of sp³-hybridized carbons (Fsp3) is 0.690. The van der Waals surface area contributed by atoms with Crippen molar-refractivity contribution in [3.8, 4) is 17.3 Å². The fourth-order valence-electron chi connectivity index (χ4n) is 7.90. The van der Waals surface area contributed by atoms with Crippen LogP contribution in [0.15, 0.2) is 30.3 Å². The lowest BCUT2D eigenvalue weighted by Gasteiger charge is -2.39. The van der Waals surface area contributed by atoms with Gasteiger partial charge in [0.15, 0.2) is 20.1 Å². The summed E-state index contributed by atoms with van der Waals surface area (Å²) in [5.41, 5.74) is 4.15. The van der Waals surface area contributed by atoms with Gasteiger partial charge < -0.3 is 38.2 Å². The molecule has 12 nitrogen and oxygen atoms in total. The molecule has 57 heavy (non-hydrogen) atoms. The Morgan fingerprint density at radius 3 is 2.26 bits per heavy atom. The van der Waals surface area contributed by atoms with Gasteiger partial charge in [-0.1, -0.05) is 76.3 Å². The van der Waals surface area contributed by atoms with Gasteiger partial charge in [-0.2, -0.15) is 4.98 Å². The number of aromatic nitrogens is 3. The first-order valence-corrected chi connectivity index (χ1v) is 27.9. The summed E-state index contributed by atoms with van der Waals surface area (Å²) in [6.07, 6.45) is 4.03. The van der Waals surface area contributed by atoms with Crippen molar-refractivity contribution in [1.29, 1.82) is 0 Å². The fourth-order valence-corrected chi connectivity index (χ4v) is 10.2. The molecule has 314 valence electrons. The summed E-state index contributed by atoms with van der Waals surface area (Å²) >= 11 is 6.95. The van der Waals surface area contributed by atoms with Gasteiger partial charge in [0.1, 0.15) is 30.6 Å². The van der Waals surface area contributed by atoms with Gasteiger partial charge in [-0.25, -0.2) is 9.78 Å². The number of nitrogens with one attached hydrogen (secondary N) is 1. The minimum Gasteiger partial charge on any atom is -0.456 e. The number of nitrogens with zero attached hydrogens (tertiary/aromatic N) is 3. The van der Waals surface area contributed by atoms with E-state index >= 15 is 0 Å². The molecule has 0 bridgehead atoms. The van der Waals surface area contributed by atoms with Crippen LogP contribution in [0.3, 0.4) is 0 Å². The van der Waals surface area contributed by atoms with Crippen LogP contribution in [0.2, 0.25) is 48.8 Å². The molecule has 15 heteroatoms. The molecule has 3 aromatic rings. The highest BCUT2D eigenvalue weighted by molar-refractivity contribution is 6.76. The Bertz CT molecular complexity index is 1830. The van der Waals surface area contributed by atoms with Crippen molar-refractivity contribution in [2.24, 2.45) is 0 Å². The van der Waals surface area contributed by atoms with Gasteiger partial charge in [0.05, 0.1) is 43.2 Å². The van der Waals surface area contributed by atoms with Gasteiger partial charge >= 0.3 is 12.1 Å². The van der Waals surface area contributed by atoms with Crippen molar-refractivity contribution in [3.63, 3.8) is 0 Å². The van der Waals surface area contributed by atoms with Crippen LogP contribution in [-0.4, -0.2) is 107 Å². The minimum absolute atomic E-state index is 0.0509. The number of hydrogen-bond acceptors (Lipinski definition) is 10. The van der Waals surface area contributed by atoms with Crippen molar-refractivity contribution in [3.05, 3.63) is 40.9 Å². The molecule has 1 aliphatic carbocycles. The van der Waals surface area contributed by atoms with E-state index in [1.54, 1.807) is 0 Å². The van der Waals surface area contributed by atoms with Gasteiger partial charge in [-0.3, -0.25) is 4.57 Å². The Morgan fingerprint density at radius 2 is 1.60 bits per heavy atom. The van der Waals surface area contributed by atoms with Gasteiger partial charge in [0.2, 0.25) is 0 Å². The molecule has 3 saturated heterocycles. The summed E-state index contributed by atoms with van der Waals surface area (Å²) < 4.78 is 45.2. The Labute approximate surface area is 345 Å². The smallest absolute Gasteiger partial charge is 0.407 e. The lowest BCUT2D eigenvalue weighted by Crippen LogP contribution is -2.47. The zero-order valence-electron chi connectivity index (χ0n) is 35.1. The molecule has 2 aromatic heterocycles. The van der Waals surface area contributed by atoms with Crippen molar-refractivity contribution < 1.29 is 37.6 Å². The third kappa shape index (κ3) is 10.3. The Balaban J connectivity index is 1.04. The molecule has 0 radical (unpaired) electrons. The molecule has 7 rings (SSSR count). The van der Waals surface area contributed by atoms with Crippen LogP contribution in [0.1, 0.15) is 70.8 Å². The van der Waals surface area contributed by atoms with E-state index < -0.39 is 16.4 Å². The zero-order chi connectivity index (χ0) is 40.5. The van der Waals surface area contributed by atoms with Crippen LogP contribution in [0.5, 0.6) is 6.01 Å². The lowest BCUT2D eigenvalue weighted by atomic mass is 9.81. The molecule has 4 fully saturated rings. The maximum Gasteiger partial charge on any atom is 0.407 e. The summed E-state index contributed by atoms with van der Waals surface area (Å²) in [7, 11) is -3.33. The van der Waals surface area contributed by atoms with E-state index in [0.29, 0.717) is 66.8 Å². The number of alkyl carbamates (subject to hydrolysis) is 1. The predicted molar refractivity (Wildman–Crippen MR) is 226 cm³/mol. The Kier molecular flexibility index (Phi) is 13.1. The summed E-state index contributed by atoms with van der Waals surface area (Å²) in [6, 6.07) is 12.0. The number of fused-ring (bicyclic) bond motifs is 2. The third-order valence-corrected chi connectivity index (χ3v) is 19.0. The lowest BCUT2D eigenvalue weighted by molar-refractivity contribution is 0.000403. The van der Waals surface area contributed by atoms with Gasteiger partial charge in [-0.05, 0) is 67.4 Å². The monoisotopic (exact) mass is 842 g/mol. The number of ether oxygens (including phenoxy) is 6. The maximum atomic E-state index is 12.5. The second kappa shape index (κ2) is 17.6. The normalized spacial score (nSPS) is 26.1. The largest absolute Gasteiger partial charge is 0.456 e. The highest BCUT2D eigenvalue weighted by Crippen LogP contribution is 2.41. The number of carbonyl (C=O) groups is 1. The molecule has 0 unspecified atom stereocenters. The molecule has 4 aliphatic rings. The molecular weight excluding hydrogens is 780 g/mol. The summed E-state index contributed by atoms with van der Waals surface area (Å²) in [5.74, 6) is 0.417. The molecule has 1 N–H and O–H groups in total. The topological polar surface area (TPSA) is 124 Å². The van der Waals surface area contributed by atoms with Gasteiger partial charge in [0.25, 0.3) is 0 Å². The molecule has 4 atom stereocenters. The van der Waals surface area contributed by atoms with Crippen LogP contribution in [0.25, 0.3) is 22.4 Å². The standard InChI is InChI=1S/C42H63ClN4O8Si2/c1-42(2,3)57(7,8)55-35-25-52-37-34(24-51-38(35)37)54-40-45-33-23-32(43)36(46-39(33)47(40)26-50-21-22-56(4,5)6)29-11-9-27(10-12-29)28-13-15-30(16-14-28)44-41(48)53-31-17-19-49-20-18-31/h9-12,23,28,30-31,34-35,37-38H,13-22,24-26H2,1-8H3,(H,44,48)/t28-,30-,34-,35-,37-,38-/m1/s1. The average Bonchev–Trinajstić information content (AvgIpc) is 3.84. The summed E-state index contributed by atoms with van der Waals surface area (Å²) in [6.45, 7) is 21.3. The molecule has 1 saturated carbocycles. The van der Waals surface area contributed by atoms with E-state index in [-0.39, 0.29) is 54.4 Å². The third-order valence-electron chi connectivity index (χ3n) is 12.5. The molecule has 3 aliphatic heterocycles. The van der Waals surface area contributed by atoms with Crippen LogP contribution in [-0.2, 0) is 34.8 Å². The van der Waals surface area contributed by atoms with Crippen molar-refractivity contribution in [2.75, 3.05) is 33.0 Å². The van der Waals surface area contributed by atoms with Crippen LogP contribution >= 0.6 is 11.6 Å². The molecular formula is C42H63ClN4O8Si2. The van der Waals surface area contributed by atoms with Crippen molar-refractivity contribution in [1.82, 2.24) is 19.9 Å². The first-order chi connectivity index (χ1) is 27.0. The number of pyridine rings is 1. The molecule has 0 spiro atoms. The van der Waals surface area contributed by atoms with Crippen LogP contribution in [0.4, 0.5) is 4.79 Å². The Morgan fingerprint density at radius 1 is 0.930 bits per heavy atom. The van der Waals surface area contributed by atoms with E-state index in [9.17, 15) is 4.79 Å². The second-order valence-corrected chi connectivity index (χ2v) is 29.8. The van der Waals surface area contributed by atoms with E-state index in [1.807, 2.05) is 10.6 Å². The first-order valence-electron chi connectivity index (χ1n) is 20.9. The number of amides is 1. The number of rotatable bonds is 13. The summed E-state index contributed by atoms with van der Waals surface area (Å²) in [5, 5.41) is 3.69. The number of carbonyl (C=O) groups excluding carboxylic acids is 1. The zero-order valence-corrected chi connectivity index (χ0v) is 37.9.